The first-order valence-electron chi connectivity index (χ1n) is 8.02. The quantitative estimate of drug-likeness (QED) is 0.569. The van der Waals surface area contributed by atoms with Gasteiger partial charge in [-0.15, -0.1) is 0 Å². The molecule has 0 N–H and O–H groups in total. The lowest BCUT2D eigenvalue weighted by atomic mass is 9.82. The summed E-state index contributed by atoms with van der Waals surface area (Å²) in [5, 5.41) is 0. The monoisotopic (exact) mass is 340 g/mol. The van der Waals surface area contributed by atoms with E-state index < -0.39 is 9.05 Å². The van der Waals surface area contributed by atoms with Gasteiger partial charge in [0.25, 0.3) is 0 Å². The van der Waals surface area contributed by atoms with E-state index in [-0.39, 0.29) is 17.3 Å². The van der Waals surface area contributed by atoms with Gasteiger partial charge in [0.15, 0.2) is 0 Å². The van der Waals surface area contributed by atoms with Crippen LogP contribution < -0.4 is 0 Å². The highest BCUT2D eigenvalue weighted by molar-refractivity contribution is 8.13. The molecule has 0 spiro atoms. The van der Waals surface area contributed by atoms with Crippen LogP contribution in [0.15, 0.2) is 0 Å². The van der Waals surface area contributed by atoms with Crippen molar-refractivity contribution < 1.29 is 17.9 Å². The fourth-order valence-corrected chi connectivity index (χ4v) is 5.03. The minimum Gasteiger partial charge on any atom is -0.378 e. The van der Waals surface area contributed by atoms with E-state index >= 15 is 0 Å². The summed E-state index contributed by atoms with van der Waals surface area (Å²) in [5.41, 5.74) is -0.362. The fourth-order valence-electron chi connectivity index (χ4n) is 3.23. The average Bonchev–Trinajstić information content (AvgIpc) is 2.38. The van der Waals surface area contributed by atoms with E-state index in [0.29, 0.717) is 13.2 Å². The van der Waals surface area contributed by atoms with Gasteiger partial charge in [-0.05, 0) is 32.1 Å². The van der Waals surface area contributed by atoms with Gasteiger partial charge in [-0.1, -0.05) is 26.7 Å². The summed E-state index contributed by atoms with van der Waals surface area (Å²) >= 11 is 0. The molecule has 0 aromatic rings. The first-order chi connectivity index (χ1) is 9.91. The van der Waals surface area contributed by atoms with Crippen molar-refractivity contribution >= 4 is 19.7 Å². The molecule has 0 aromatic heterocycles. The Hall–Kier alpha value is 0.160. The number of rotatable bonds is 10. The Bertz CT molecular complexity index is 371. The van der Waals surface area contributed by atoms with Gasteiger partial charge in [-0.2, -0.15) is 0 Å². The lowest BCUT2D eigenvalue weighted by molar-refractivity contribution is -0.0585. The van der Waals surface area contributed by atoms with Crippen LogP contribution in [0.25, 0.3) is 0 Å². The molecule has 1 saturated heterocycles. The van der Waals surface area contributed by atoms with Crippen LogP contribution in [0, 0.1) is 5.41 Å². The van der Waals surface area contributed by atoms with Crippen LogP contribution in [0.4, 0.5) is 0 Å². The predicted molar refractivity (Wildman–Crippen MR) is 86.3 cm³/mol. The Morgan fingerprint density at radius 1 is 1.24 bits per heavy atom. The number of ether oxygens (including phenoxy) is 2. The molecule has 1 unspecified atom stereocenters. The van der Waals surface area contributed by atoms with Gasteiger partial charge in [0.05, 0.1) is 25.1 Å². The van der Waals surface area contributed by atoms with Gasteiger partial charge >= 0.3 is 0 Å². The Morgan fingerprint density at radius 2 is 1.90 bits per heavy atom. The van der Waals surface area contributed by atoms with Crippen LogP contribution in [0.1, 0.15) is 58.8 Å². The zero-order valence-electron chi connectivity index (χ0n) is 13.3. The molecule has 1 aliphatic rings. The van der Waals surface area contributed by atoms with E-state index in [2.05, 4.69) is 13.8 Å². The van der Waals surface area contributed by atoms with Gasteiger partial charge < -0.3 is 9.47 Å². The zero-order valence-corrected chi connectivity index (χ0v) is 14.8. The standard InChI is InChI=1S/C15H29ClO4S/c1-3-8-15(9-4-2,13-21(16,17)18)12-19-11-14-7-5-6-10-20-14/h14H,3-13H2,1-2H3. The fraction of sp³-hybridized carbons (Fsp3) is 1.00. The summed E-state index contributed by atoms with van der Waals surface area (Å²) in [4.78, 5) is 0. The van der Waals surface area contributed by atoms with Crippen LogP contribution in [-0.2, 0) is 18.5 Å². The van der Waals surface area contributed by atoms with Crippen LogP contribution in [0.5, 0.6) is 0 Å². The summed E-state index contributed by atoms with van der Waals surface area (Å²) < 4.78 is 34.6. The van der Waals surface area contributed by atoms with Crippen molar-refractivity contribution in [2.24, 2.45) is 5.41 Å². The maximum Gasteiger partial charge on any atom is 0.233 e. The molecule has 4 nitrogen and oxygen atoms in total. The molecule has 126 valence electrons. The van der Waals surface area contributed by atoms with Gasteiger partial charge in [0, 0.05) is 22.7 Å². The van der Waals surface area contributed by atoms with E-state index in [0.717, 1.165) is 45.1 Å². The summed E-state index contributed by atoms with van der Waals surface area (Å²) in [6.45, 7) is 5.93. The number of halogens is 1. The molecule has 6 heteroatoms. The highest BCUT2D eigenvalue weighted by Crippen LogP contribution is 2.33. The molecule has 21 heavy (non-hydrogen) atoms. The predicted octanol–water partition coefficient (Wildman–Crippen LogP) is 3.73. The van der Waals surface area contributed by atoms with Crippen LogP contribution in [-0.4, -0.2) is 40.1 Å². The summed E-state index contributed by atoms with van der Waals surface area (Å²) in [5.74, 6) is -0.00520. The van der Waals surface area contributed by atoms with E-state index in [1.165, 1.54) is 6.42 Å². The normalized spacial score (nSPS) is 20.6. The van der Waals surface area contributed by atoms with Gasteiger partial charge in [0.1, 0.15) is 0 Å². The van der Waals surface area contributed by atoms with Crippen LogP contribution >= 0.6 is 10.7 Å². The third kappa shape index (κ3) is 7.82. The number of hydrogen-bond donors (Lipinski definition) is 0. The highest BCUT2D eigenvalue weighted by Gasteiger charge is 2.34. The second kappa shape index (κ2) is 9.33. The minimum atomic E-state index is -3.52. The molecule has 0 radical (unpaired) electrons. The van der Waals surface area contributed by atoms with E-state index in [1.54, 1.807) is 0 Å². The second-order valence-electron chi connectivity index (χ2n) is 6.19. The Morgan fingerprint density at radius 3 is 2.38 bits per heavy atom. The van der Waals surface area contributed by atoms with E-state index in [9.17, 15) is 8.42 Å². The molecule has 0 aromatic carbocycles. The van der Waals surface area contributed by atoms with E-state index in [4.69, 9.17) is 20.2 Å². The van der Waals surface area contributed by atoms with Crippen LogP contribution in [0.3, 0.4) is 0 Å². The Kier molecular flexibility index (Phi) is 8.54. The van der Waals surface area contributed by atoms with Crippen LogP contribution in [0.2, 0.25) is 0 Å². The maximum absolute atomic E-state index is 11.5. The van der Waals surface area contributed by atoms with Gasteiger partial charge in [-0.25, -0.2) is 8.42 Å². The van der Waals surface area contributed by atoms with Crippen molar-refractivity contribution in [3.63, 3.8) is 0 Å². The summed E-state index contributed by atoms with van der Waals surface area (Å²) in [6, 6.07) is 0. The molecule has 0 aliphatic carbocycles. The van der Waals surface area contributed by atoms with Crippen molar-refractivity contribution in [1.82, 2.24) is 0 Å². The third-order valence-electron chi connectivity index (χ3n) is 4.03. The molecule has 1 atom stereocenters. The number of hydrogen-bond acceptors (Lipinski definition) is 4. The second-order valence-corrected chi connectivity index (χ2v) is 8.96. The van der Waals surface area contributed by atoms with Gasteiger partial charge in [0.2, 0.25) is 9.05 Å². The summed E-state index contributed by atoms with van der Waals surface area (Å²) in [7, 11) is 1.99. The van der Waals surface area contributed by atoms with Crippen molar-refractivity contribution in [1.29, 1.82) is 0 Å². The molecule has 0 amide bonds. The topological polar surface area (TPSA) is 52.6 Å². The lowest BCUT2D eigenvalue weighted by Crippen LogP contribution is -2.35. The molecular formula is C15H29ClO4S. The molecule has 1 fully saturated rings. The SMILES string of the molecule is CCCC(CCC)(COCC1CCCCO1)CS(=O)(=O)Cl. The Labute approximate surface area is 134 Å². The molecule has 1 heterocycles. The molecule has 1 aliphatic heterocycles. The van der Waals surface area contributed by atoms with Crippen molar-refractivity contribution in [2.45, 2.75) is 64.9 Å². The highest BCUT2D eigenvalue weighted by atomic mass is 35.7. The molecule has 0 saturated carbocycles. The van der Waals surface area contributed by atoms with Crippen molar-refractivity contribution in [3.8, 4) is 0 Å². The Balaban J connectivity index is 2.57. The first-order valence-corrected chi connectivity index (χ1v) is 10.5. The van der Waals surface area contributed by atoms with Crippen molar-refractivity contribution in [3.05, 3.63) is 0 Å². The summed E-state index contributed by atoms with van der Waals surface area (Å²) in [6.07, 6.45) is 6.98. The molecule has 1 rings (SSSR count). The molecule has 0 bridgehead atoms. The minimum absolute atomic E-state index is 0.00520. The third-order valence-corrected chi connectivity index (χ3v) is 5.31. The van der Waals surface area contributed by atoms with Gasteiger partial charge in [-0.3, -0.25) is 0 Å². The largest absolute Gasteiger partial charge is 0.378 e. The smallest absolute Gasteiger partial charge is 0.233 e. The molecular weight excluding hydrogens is 312 g/mol. The first kappa shape index (κ1) is 19.2. The average molecular weight is 341 g/mol. The maximum atomic E-state index is 11.5. The zero-order chi connectivity index (χ0) is 15.8. The van der Waals surface area contributed by atoms with E-state index in [1.807, 2.05) is 0 Å². The lowest BCUT2D eigenvalue weighted by Gasteiger charge is -2.33. The van der Waals surface area contributed by atoms with Crippen molar-refractivity contribution in [2.75, 3.05) is 25.6 Å².